The van der Waals surface area contributed by atoms with Gasteiger partial charge in [0.15, 0.2) is 5.82 Å². The van der Waals surface area contributed by atoms with Crippen molar-refractivity contribution in [2.24, 2.45) is 0 Å². The molecule has 6 heteroatoms. The predicted molar refractivity (Wildman–Crippen MR) is 97.4 cm³/mol. The summed E-state index contributed by atoms with van der Waals surface area (Å²) in [5, 5.41) is 0. The van der Waals surface area contributed by atoms with E-state index >= 15 is 0 Å². The van der Waals surface area contributed by atoms with E-state index in [2.05, 4.69) is 21.9 Å². The van der Waals surface area contributed by atoms with Gasteiger partial charge < -0.3 is 14.8 Å². The minimum Gasteiger partial charge on any atom is -0.341 e. The second kappa shape index (κ2) is 7.19. The van der Waals surface area contributed by atoms with Gasteiger partial charge in [0.1, 0.15) is 5.82 Å². The summed E-state index contributed by atoms with van der Waals surface area (Å²) in [5.41, 5.74) is 0.974. The van der Waals surface area contributed by atoms with E-state index < -0.39 is 0 Å². The molecular formula is C20H25FN4O. The predicted octanol–water partition coefficient (Wildman–Crippen LogP) is 3.03. The molecule has 2 aromatic rings. The lowest BCUT2D eigenvalue weighted by atomic mass is 9.86. The van der Waals surface area contributed by atoms with Gasteiger partial charge >= 0.3 is 0 Å². The van der Waals surface area contributed by atoms with Crippen LogP contribution in [0.3, 0.4) is 0 Å². The van der Waals surface area contributed by atoms with Crippen LogP contribution in [0.4, 0.5) is 4.39 Å². The van der Waals surface area contributed by atoms with E-state index in [0.717, 1.165) is 37.9 Å². The highest BCUT2D eigenvalue weighted by Gasteiger charge is 2.46. The van der Waals surface area contributed by atoms with Gasteiger partial charge in [-0.3, -0.25) is 4.79 Å². The van der Waals surface area contributed by atoms with Crippen molar-refractivity contribution >= 4 is 5.91 Å². The van der Waals surface area contributed by atoms with Crippen molar-refractivity contribution in [3.63, 3.8) is 0 Å². The number of carbonyl (C=O) groups is 1. The zero-order valence-corrected chi connectivity index (χ0v) is 15.1. The second-order valence-corrected chi connectivity index (χ2v) is 7.44. The fourth-order valence-electron chi connectivity index (χ4n) is 4.66. The Morgan fingerprint density at radius 1 is 1.31 bits per heavy atom. The molecular weight excluding hydrogens is 331 g/mol. The normalized spacial score (nSPS) is 27.0. The summed E-state index contributed by atoms with van der Waals surface area (Å²) < 4.78 is 13.9. The number of fused-ring (bicyclic) bond motifs is 1. The van der Waals surface area contributed by atoms with Crippen LogP contribution in [0.5, 0.6) is 0 Å². The molecule has 1 aromatic heterocycles. The molecule has 2 aliphatic rings. The van der Waals surface area contributed by atoms with Crippen LogP contribution >= 0.6 is 0 Å². The molecule has 0 bridgehead atoms. The number of likely N-dealkylation sites (tertiary alicyclic amines) is 2. The van der Waals surface area contributed by atoms with Gasteiger partial charge in [0, 0.05) is 37.4 Å². The zero-order valence-electron chi connectivity index (χ0n) is 15.1. The number of hydrogen-bond acceptors (Lipinski definition) is 3. The van der Waals surface area contributed by atoms with Gasteiger partial charge in [-0.2, -0.15) is 0 Å². The van der Waals surface area contributed by atoms with Crippen molar-refractivity contribution in [1.82, 2.24) is 19.8 Å². The number of amides is 1. The van der Waals surface area contributed by atoms with Crippen LogP contribution in [0.2, 0.25) is 0 Å². The molecule has 0 radical (unpaired) electrons. The first kappa shape index (κ1) is 17.2. The molecule has 0 unspecified atom stereocenters. The van der Waals surface area contributed by atoms with Gasteiger partial charge in [0.2, 0.25) is 0 Å². The molecule has 3 atom stereocenters. The summed E-state index contributed by atoms with van der Waals surface area (Å²) in [6.07, 6.45) is 7.65. The largest absolute Gasteiger partial charge is 0.341 e. The number of rotatable bonds is 2. The van der Waals surface area contributed by atoms with Crippen molar-refractivity contribution in [2.45, 2.75) is 43.7 Å². The summed E-state index contributed by atoms with van der Waals surface area (Å²) in [6.45, 7) is 1.56. The first-order valence-corrected chi connectivity index (χ1v) is 9.41. The smallest absolute Gasteiger partial charge is 0.289 e. The number of imidazole rings is 1. The first-order chi connectivity index (χ1) is 12.6. The summed E-state index contributed by atoms with van der Waals surface area (Å²) in [4.78, 5) is 24.6. The van der Waals surface area contributed by atoms with Crippen molar-refractivity contribution in [3.05, 3.63) is 53.9 Å². The third kappa shape index (κ3) is 3.14. The highest BCUT2D eigenvalue weighted by atomic mass is 19.1. The topological polar surface area (TPSA) is 52.2 Å². The summed E-state index contributed by atoms with van der Waals surface area (Å²) in [5.74, 6) is 0.224. The van der Waals surface area contributed by atoms with Crippen LogP contribution in [0.15, 0.2) is 36.7 Å². The monoisotopic (exact) mass is 356 g/mol. The number of nitrogens with zero attached hydrogens (tertiary/aromatic N) is 3. The number of carbonyl (C=O) groups excluding carboxylic acids is 1. The molecule has 0 spiro atoms. The Bertz CT molecular complexity index is 763. The fourth-order valence-corrected chi connectivity index (χ4v) is 4.66. The van der Waals surface area contributed by atoms with Crippen LogP contribution < -0.4 is 0 Å². The Hall–Kier alpha value is -2.21. The Labute approximate surface area is 153 Å². The van der Waals surface area contributed by atoms with E-state index in [9.17, 15) is 9.18 Å². The van der Waals surface area contributed by atoms with E-state index in [1.807, 2.05) is 11.0 Å². The van der Waals surface area contributed by atoms with Gasteiger partial charge in [0.25, 0.3) is 5.91 Å². The molecule has 1 amide bonds. The highest BCUT2D eigenvalue weighted by molar-refractivity contribution is 5.91. The standard InChI is InChI=1S/C20H25FN4O/c1-24-13-16(14-6-5-7-15(21)12-14)18-17(24)8-3-2-4-11-25(18)20(26)19-22-9-10-23-19/h5-7,9-10,12,16-18H,2-4,8,11,13H2,1H3,(H,22,23)/t16-,17+,18-/m0/s1. The van der Waals surface area contributed by atoms with Crippen molar-refractivity contribution in [1.29, 1.82) is 0 Å². The SMILES string of the molecule is CN1C[C@@H](c2cccc(F)c2)[C@H]2[C@H]1CCCCCN2C(=O)c1ncc[nH]1. The number of aromatic nitrogens is 2. The van der Waals surface area contributed by atoms with Crippen molar-refractivity contribution in [2.75, 3.05) is 20.1 Å². The van der Waals surface area contributed by atoms with Gasteiger partial charge in [-0.05, 0) is 37.6 Å². The molecule has 3 heterocycles. The number of halogens is 1. The van der Waals surface area contributed by atoms with Crippen molar-refractivity contribution < 1.29 is 9.18 Å². The van der Waals surface area contributed by atoms with E-state index in [1.54, 1.807) is 24.5 Å². The molecule has 2 saturated heterocycles. The number of likely N-dealkylation sites (N-methyl/N-ethyl adjacent to an activating group) is 1. The average molecular weight is 356 g/mol. The Balaban J connectivity index is 1.72. The van der Waals surface area contributed by atoms with E-state index in [1.165, 1.54) is 12.5 Å². The third-order valence-corrected chi connectivity index (χ3v) is 5.85. The average Bonchev–Trinajstić information content (AvgIpc) is 3.23. The zero-order chi connectivity index (χ0) is 18.1. The van der Waals surface area contributed by atoms with Crippen LogP contribution in [0.25, 0.3) is 0 Å². The number of nitrogens with one attached hydrogen (secondary N) is 1. The second-order valence-electron chi connectivity index (χ2n) is 7.44. The number of H-pyrrole nitrogens is 1. The third-order valence-electron chi connectivity index (χ3n) is 5.85. The van der Waals surface area contributed by atoms with E-state index in [-0.39, 0.29) is 23.7 Å². The molecule has 5 nitrogen and oxygen atoms in total. The lowest BCUT2D eigenvalue weighted by Crippen LogP contribution is -2.50. The highest BCUT2D eigenvalue weighted by Crippen LogP contribution is 2.38. The molecule has 138 valence electrons. The molecule has 1 aromatic carbocycles. The lowest BCUT2D eigenvalue weighted by Gasteiger charge is -2.38. The van der Waals surface area contributed by atoms with Crippen LogP contribution in [-0.2, 0) is 0 Å². The first-order valence-electron chi connectivity index (χ1n) is 9.41. The molecule has 2 aliphatic heterocycles. The fraction of sp³-hybridized carbons (Fsp3) is 0.500. The molecule has 2 fully saturated rings. The summed E-state index contributed by atoms with van der Waals surface area (Å²) >= 11 is 0. The summed E-state index contributed by atoms with van der Waals surface area (Å²) in [7, 11) is 2.12. The van der Waals surface area contributed by atoms with Crippen LogP contribution in [-0.4, -0.2) is 57.9 Å². The molecule has 26 heavy (non-hydrogen) atoms. The van der Waals surface area contributed by atoms with Gasteiger partial charge in [0.05, 0.1) is 6.04 Å². The Morgan fingerprint density at radius 3 is 2.96 bits per heavy atom. The molecule has 0 aliphatic carbocycles. The van der Waals surface area contributed by atoms with E-state index in [0.29, 0.717) is 11.9 Å². The minimum atomic E-state index is -0.219. The van der Waals surface area contributed by atoms with Crippen LogP contribution in [0, 0.1) is 5.82 Å². The summed E-state index contributed by atoms with van der Waals surface area (Å²) in [6, 6.07) is 7.18. The lowest BCUT2D eigenvalue weighted by molar-refractivity contribution is 0.0575. The Morgan fingerprint density at radius 2 is 2.19 bits per heavy atom. The molecule has 1 N–H and O–H groups in total. The van der Waals surface area contributed by atoms with Gasteiger partial charge in [-0.15, -0.1) is 0 Å². The number of aromatic amines is 1. The van der Waals surface area contributed by atoms with Crippen molar-refractivity contribution in [3.8, 4) is 0 Å². The molecule has 4 rings (SSSR count). The number of benzene rings is 1. The van der Waals surface area contributed by atoms with E-state index in [4.69, 9.17) is 0 Å². The van der Waals surface area contributed by atoms with Gasteiger partial charge in [-0.1, -0.05) is 25.0 Å². The number of hydrogen-bond donors (Lipinski definition) is 1. The van der Waals surface area contributed by atoms with Crippen LogP contribution in [0.1, 0.15) is 47.8 Å². The van der Waals surface area contributed by atoms with Gasteiger partial charge in [-0.25, -0.2) is 9.37 Å². The Kier molecular flexibility index (Phi) is 4.76. The maximum Gasteiger partial charge on any atom is 0.289 e. The molecule has 0 saturated carbocycles. The maximum absolute atomic E-state index is 13.9. The minimum absolute atomic E-state index is 0.0414. The quantitative estimate of drug-likeness (QED) is 0.900. The maximum atomic E-state index is 13.9.